The highest BCUT2D eigenvalue weighted by Gasteiger charge is 2.17. The van der Waals surface area contributed by atoms with Crippen molar-refractivity contribution >= 4 is 40.6 Å². The van der Waals surface area contributed by atoms with Crippen LogP contribution < -0.4 is 10.6 Å². The van der Waals surface area contributed by atoms with E-state index in [4.69, 9.17) is 0 Å². The van der Waals surface area contributed by atoms with Gasteiger partial charge in [0.25, 0.3) is 0 Å². The Morgan fingerprint density at radius 2 is 1.75 bits per heavy atom. The Kier molecular flexibility index (Phi) is 7.28. The van der Waals surface area contributed by atoms with Gasteiger partial charge in [-0.15, -0.1) is 23.1 Å². The molecule has 0 aliphatic heterocycles. The van der Waals surface area contributed by atoms with E-state index in [2.05, 4.69) is 10.6 Å². The van der Waals surface area contributed by atoms with Crippen molar-refractivity contribution < 1.29 is 9.59 Å². The normalized spacial score (nSPS) is 11.6. The smallest absolute Gasteiger partial charge is 0.221 e. The number of anilines is 1. The van der Waals surface area contributed by atoms with Gasteiger partial charge in [0.15, 0.2) is 0 Å². The van der Waals surface area contributed by atoms with Gasteiger partial charge in [0.05, 0.1) is 6.04 Å². The van der Waals surface area contributed by atoms with Gasteiger partial charge < -0.3 is 10.6 Å². The van der Waals surface area contributed by atoms with E-state index in [9.17, 15) is 9.59 Å². The highest BCUT2D eigenvalue weighted by Crippen LogP contribution is 2.26. The van der Waals surface area contributed by atoms with Gasteiger partial charge in [-0.2, -0.15) is 0 Å². The maximum absolute atomic E-state index is 12.5. The number of carbonyl (C=O) groups excluding carboxylic acids is 2. The van der Waals surface area contributed by atoms with Crippen molar-refractivity contribution in [3.63, 3.8) is 0 Å². The summed E-state index contributed by atoms with van der Waals surface area (Å²) in [6.45, 7) is 1.49. The lowest BCUT2D eigenvalue weighted by molar-refractivity contribution is -0.121. The van der Waals surface area contributed by atoms with Crippen molar-refractivity contribution in [1.82, 2.24) is 5.32 Å². The Morgan fingerprint density at radius 1 is 1.00 bits per heavy atom. The molecular weight excluding hydrogens is 388 g/mol. The van der Waals surface area contributed by atoms with Crippen LogP contribution in [0.4, 0.5) is 5.69 Å². The lowest BCUT2D eigenvalue weighted by Gasteiger charge is -2.18. The van der Waals surface area contributed by atoms with Gasteiger partial charge in [-0.05, 0) is 41.3 Å². The third-order valence-electron chi connectivity index (χ3n) is 4.04. The second kappa shape index (κ2) is 10.1. The Balaban J connectivity index is 1.53. The quantitative estimate of drug-likeness (QED) is 0.508. The average molecular weight is 411 g/mol. The summed E-state index contributed by atoms with van der Waals surface area (Å²) < 4.78 is 0. The molecule has 2 aromatic carbocycles. The van der Waals surface area contributed by atoms with Crippen molar-refractivity contribution in [2.45, 2.75) is 24.3 Å². The maximum atomic E-state index is 12.5. The molecule has 3 aromatic rings. The van der Waals surface area contributed by atoms with Crippen LogP contribution in [0.3, 0.4) is 0 Å². The van der Waals surface area contributed by atoms with Crippen molar-refractivity contribution in [2.75, 3.05) is 11.1 Å². The molecule has 4 nitrogen and oxygen atoms in total. The first kappa shape index (κ1) is 20.2. The number of thioether (sulfide) groups is 1. The first-order chi connectivity index (χ1) is 13.6. The van der Waals surface area contributed by atoms with Crippen molar-refractivity contribution in [1.29, 1.82) is 0 Å². The number of carbonyl (C=O) groups is 2. The molecule has 1 atom stereocenters. The molecule has 2 N–H and O–H groups in total. The highest BCUT2D eigenvalue weighted by atomic mass is 32.2. The first-order valence-electron chi connectivity index (χ1n) is 9.00. The van der Waals surface area contributed by atoms with Crippen LogP contribution in [0.25, 0.3) is 0 Å². The van der Waals surface area contributed by atoms with Crippen LogP contribution in [-0.2, 0) is 9.59 Å². The second-order valence-electron chi connectivity index (χ2n) is 6.23. The van der Waals surface area contributed by atoms with E-state index in [1.165, 1.54) is 6.92 Å². The van der Waals surface area contributed by atoms with Crippen LogP contribution in [0, 0.1) is 0 Å². The summed E-state index contributed by atoms with van der Waals surface area (Å²) in [5, 5.41) is 7.93. The van der Waals surface area contributed by atoms with Crippen LogP contribution in [0.2, 0.25) is 0 Å². The molecule has 0 fully saturated rings. The largest absolute Gasteiger partial charge is 0.344 e. The number of amides is 2. The summed E-state index contributed by atoms with van der Waals surface area (Å²) >= 11 is 3.27. The Hall–Kier alpha value is -2.57. The third-order valence-corrected chi connectivity index (χ3v) is 5.99. The number of hydrogen-bond acceptors (Lipinski definition) is 4. The van der Waals surface area contributed by atoms with E-state index in [0.29, 0.717) is 12.2 Å². The SMILES string of the molecule is CC(=O)Nc1ccc(SCCC(=O)NC(c2ccccc2)c2cccs2)cc1. The number of rotatable bonds is 8. The van der Waals surface area contributed by atoms with Gasteiger partial charge >= 0.3 is 0 Å². The van der Waals surface area contributed by atoms with Gasteiger partial charge in [0, 0.05) is 34.6 Å². The average Bonchev–Trinajstić information content (AvgIpc) is 3.22. The van der Waals surface area contributed by atoms with E-state index in [0.717, 1.165) is 21.0 Å². The number of nitrogens with one attached hydrogen (secondary N) is 2. The molecule has 1 aromatic heterocycles. The maximum Gasteiger partial charge on any atom is 0.221 e. The summed E-state index contributed by atoms with van der Waals surface area (Å²) in [5.41, 5.74) is 1.86. The summed E-state index contributed by atoms with van der Waals surface area (Å²) in [6, 6.07) is 21.6. The monoisotopic (exact) mass is 410 g/mol. The molecule has 0 aliphatic carbocycles. The number of hydrogen-bond donors (Lipinski definition) is 2. The van der Waals surface area contributed by atoms with E-state index in [-0.39, 0.29) is 17.9 Å². The Bertz CT molecular complexity index is 894. The molecule has 0 saturated heterocycles. The third kappa shape index (κ3) is 5.97. The lowest BCUT2D eigenvalue weighted by atomic mass is 10.1. The minimum Gasteiger partial charge on any atom is -0.344 e. The predicted molar refractivity (Wildman–Crippen MR) is 117 cm³/mol. The van der Waals surface area contributed by atoms with Crippen LogP contribution in [0.15, 0.2) is 77.0 Å². The summed E-state index contributed by atoms with van der Waals surface area (Å²) in [7, 11) is 0. The molecular formula is C22H22N2O2S2. The van der Waals surface area contributed by atoms with Gasteiger partial charge in [0.1, 0.15) is 0 Å². The lowest BCUT2D eigenvalue weighted by Crippen LogP contribution is -2.29. The second-order valence-corrected chi connectivity index (χ2v) is 8.38. The van der Waals surface area contributed by atoms with Gasteiger partial charge in [0.2, 0.25) is 11.8 Å². The van der Waals surface area contributed by atoms with Crippen molar-refractivity contribution in [3.05, 3.63) is 82.6 Å². The summed E-state index contributed by atoms with van der Waals surface area (Å²) in [6.07, 6.45) is 0.437. The Morgan fingerprint density at radius 3 is 2.39 bits per heavy atom. The number of thiophene rings is 1. The zero-order chi connectivity index (χ0) is 19.8. The van der Waals surface area contributed by atoms with E-state index >= 15 is 0 Å². The molecule has 0 saturated carbocycles. The fraction of sp³-hybridized carbons (Fsp3) is 0.182. The van der Waals surface area contributed by atoms with Crippen molar-refractivity contribution in [3.8, 4) is 0 Å². The fourth-order valence-electron chi connectivity index (χ4n) is 2.75. The molecule has 0 radical (unpaired) electrons. The van der Waals surface area contributed by atoms with E-state index in [1.807, 2.05) is 72.1 Å². The standard InChI is InChI=1S/C22H22N2O2S2/c1-16(25)23-18-9-11-19(12-10-18)27-15-13-21(26)24-22(20-8-5-14-28-20)17-6-3-2-4-7-17/h2-12,14,22H,13,15H2,1H3,(H,23,25)(H,24,26). The molecule has 6 heteroatoms. The Labute approximate surface area is 173 Å². The van der Waals surface area contributed by atoms with Gasteiger partial charge in [-0.3, -0.25) is 9.59 Å². The van der Waals surface area contributed by atoms with Crippen LogP contribution in [0.5, 0.6) is 0 Å². The zero-order valence-electron chi connectivity index (χ0n) is 15.6. The molecule has 3 rings (SSSR count). The molecule has 144 valence electrons. The van der Waals surface area contributed by atoms with Crippen LogP contribution >= 0.6 is 23.1 Å². The van der Waals surface area contributed by atoms with Crippen LogP contribution in [-0.4, -0.2) is 17.6 Å². The summed E-state index contributed by atoms with van der Waals surface area (Å²) in [5.74, 6) is 0.637. The molecule has 0 bridgehead atoms. The van der Waals surface area contributed by atoms with E-state index in [1.54, 1.807) is 23.1 Å². The molecule has 1 unspecified atom stereocenters. The fourth-order valence-corrected chi connectivity index (χ4v) is 4.41. The van der Waals surface area contributed by atoms with Crippen LogP contribution in [0.1, 0.15) is 29.8 Å². The number of benzene rings is 2. The molecule has 1 heterocycles. The minimum atomic E-state index is -0.115. The topological polar surface area (TPSA) is 58.2 Å². The minimum absolute atomic E-state index is 0.0321. The highest BCUT2D eigenvalue weighted by molar-refractivity contribution is 7.99. The summed E-state index contributed by atoms with van der Waals surface area (Å²) in [4.78, 5) is 25.8. The van der Waals surface area contributed by atoms with Gasteiger partial charge in [-0.1, -0.05) is 36.4 Å². The zero-order valence-corrected chi connectivity index (χ0v) is 17.2. The molecule has 28 heavy (non-hydrogen) atoms. The van der Waals surface area contributed by atoms with E-state index < -0.39 is 0 Å². The van der Waals surface area contributed by atoms with Gasteiger partial charge in [-0.25, -0.2) is 0 Å². The molecule has 0 aliphatic rings. The predicted octanol–water partition coefficient (Wildman–Crippen LogP) is 5.09. The molecule has 2 amide bonds. The van der Waals surface area contributed by atoms with Crippen molar-refractivity contribution in [2.24, 2.45) is 0 Å². The molecule has 0 spiro atoms. The first-order valence-corrected chi connectivity index (χ1v) is 10.9.